The molecule has 1 aromatic rings. The van der Waals surface area contributed by atoms with E-state index in [9.17, 15) is 16.8 Å². The zero-order valence-corrected chi connectivity index (χ0v) is 15.5. The first-order valence-corrected chi connectivity index (χ1v) is 10.4. The van der Waals surface area contributed by atoms with Gasteiger partial charge in [-0.1, -0.05) is 6.07 Å². The van der Waals surface area contributed by atoms with E-state index in [4.69, 9.17) is 4.74 Å². The fourth-order valence-electron chi connectivity index (χ4n) is 1.91. The van der Waals surface area contributed by atoms with Crippen LogP contribution in [0.3, 0.4) is 0 Å². The van der Waals surface area contributed by atoms with E-state index in [1.165, 1.54) is 17.5 Å². The third kappa shape index (κ3) is 6.19. The number of hydrogen-bond donors (Lipinski definition) is 1. The highest BCUT2D eigenvalue weighted by Gasteiger charge is 2.18. The molecule has 0 aromatic heterocycles. The van der Waals surface area contributed by atoms with Crippen molar-refractivity contribution in [3.8, 4) is 0 Å². The summed E-state index contributed by atoms with van der Waals surface area (Å²) in [5.74, 6) is 0. The van der Waals surface area contributed by atoms with Gasteiger partial charge in [0.05, 0.1) is 17.8 Å². The molecule has 0 spiro atoms. The molecule has 0 saturated heterocycles. The molecule has 0 aliphatic rings. The first-order chi connectivity index (χ1) is 10.6. The number of hydrogen-bond acceptors (Lipinski definition) is 5. The lowest BCUT2D eigenvalue weighted by molar-refractivity contribution is 0.179. The number of methoxy groups -OCH3 is 1. The summed E-state index contributed by atoms with van der Waals surface area (Å²) in [7, 11) is -5.60. The Balaban J connectivity index is 2.73. The predicted octanol–water partition coefficient (Wildman–Crippen LogP) is 0.490. The normalized spacial score (nSPS) is 12.7. The van der Waals surface area contributed by atoms with Gasteiger partial charge in [-0.15, -0.1) is 0 Å². The van der Waals surface area contributed by atoms with Crippen molar-refractivity contribution in [1.29, 1.82) is 0 Å². The van der Waals surface area contributed by atoms with E-state index in [0.29, 0.717) is 0 Å². The molecular formula is C14H24N2O5S2. The first kappa shape index (κ1) is 20.0. The van der Waals surface area contributed by atoms with E-state index in [1.807, 2.05) is 13.8 Å². The monoisotopic (exact) mass is 364 g/mol. The van der Waals surface area contributed by atoms with Gasteiger partial charge in [-0.2, -0.15) is 4.31 Å². The Morgan fingerprint density at radius 1 is 1.09 bits per heavy atom. The molecule has 7 nitrogen and oxygen atoms in total. The first-order valence-electron chi connectivity index (χ1n) is 7.09. The minimum absolute atomic E-state index is 0.00790. The van der Waals surface area contributed by atoms with Crippen LogP contribution in [0.4, 0.5) is 0 Å². The Hall–Kier alpha value is -1.00. The molecule has 0 unspecified atom stereocenters. The Kier molecular flexibility index (Phi) is 7.15. The zero-order chi connectivity index (χ0) is 17.7. The summed E-state index contributed by atoms with van der Waals surface area (Å²) in [6.45, 7) is 4.21. The largest absolute Gasteiger partial charge is 0.383 e. The number of sulfonamides is 2. The summed E-state index contributed by atoms with van der Waals surface area (Å²) < 4.78 is 56.2. The quantitative estimate of drug-likeness (QED) is 0.688. The second kappa shape index (κ2) is 8.20. The van der Waals surface area contributed by atoms with E-state index < -0.39 is 20.0 Å². The van der Waals surface area contributed by atoms with E-state index in [-0.39, 0.29) is 31.1 Å². The fraction of sp³-hybridized carbons (Fsp3) is 0.571. The van der Waals surface area contributed by atoms with Crippen molar-refractivity contribution in [1.82, 2.24) is 9.03 Å². The van der Waals surface area contributed by atoms with Crippen LogP contribution in [0.5, 0.6) is 0 Å². The van der Waals surface area contributed by atoms with Crippen LogP contribution in [-0.4, -0.2) is 60.7 Å². The van der Waals surface area contributed by atoms with E-state index >= 15 is 0 Å². The molecule has 1 N–H and O–H groups in total. The van der Waals surface area contributed by atoms with Gasteiger partial charge in [-0.3, -0.25) is 0 Å². The fourth-order valence-corrected chi connectivity index (χ4v) is 3.84. The third-order valence-electron chi connectivity index (χ3n) is 3.46. The van der Waals surface area contributed by atoms with Crippen LogP contribution in [0.15, 0.2) is 23.1 Å². The average Bonchev–Trinajstić information content (AvgIpc) is 2.44. The number of benzene rings is 1. The van der Waals surface area contributed by atoms with Gasteiger partial charge >= 0.3 is 0 Å². The van der Waals surface area contributed by atoms with Crippen molar-refractivity contribution in [2.75, 3.05) is 39.6 Å². The minimum Gasteiger partial charge on any atom is -0.383 e. The Bertz CT molecular complexity index is 730. The Morgan fingerprint density at radius 3 is 2.26 bits per heavy atom. The van der Waals surface area contributed by atoms with Gasteiger partial charge in [-0.05, 0) is 37.1 Å². The second-order valence-corrected chi connectivity index (χ2v) is 9.05. The molecule has 9 heteroatoms. The second-order valence-electron chi connectivity index (χ2n) is 5.30. The lowest BCUT2D eigenvalue weighted by atomic mass is 10.1. The van der Waals surface area contributed by atoms with Gasteiger partial charge in [0.15, 0.2) is 0 Å². The van der Waals surface area contributed by atoms with Crippen LogP contribution in [0, 0.1) is 13.8 Å². The van der Waals surface area contributed by atoms with Crippen LogP contribution in [0.1, 0.15) is 11.1 Å². The van der Waals surface area contributed by atoms with Crippen molar-refractivity contribution in [3.05, 3.63) is 29.3 Å². The molecule has 0 radical (unpaired) electrons. The zero-order valence-electron chi connectivity index (χ0n) is 13.9. The Labute approximate surface area is 138 Å². The SMILES string of the molecule is COCCN(CCNS(=O)(=O)c1ccc(C)c(C)c1)S(C)(=O)=O. The van der Waals surface area contributed by atoms with E-state index in [1.54, 1.807) is 12.1 Å². The standard InChI is InChI=1S/C14H24N2O5S2/c1-12-5-6-14(11-13(12)2)23(19,20)15-7-8-16(9-10-21-3)22(4,17)18/h5-6,11,15H,7-10H2,1-4H3. The number of nitrogens with zero attached hydrogens (tertiary/aromatic N) is 1. The maximum absolute atomic E-state index is 12.2. The third-order valence-corrected chi connectivity index (χ3v) is 6.22. The topological polar surface area (TPSA) is 92.8 Å². The highest BCUT2D eigenvalue weighted by atomic mass is 32.2. The summed E-state index contributed by atoms with van der Waals surface area (Å²) in [4.78, 5) is 0.170. The van der Waals surface area contributed by atoms with Crippen LogP contribution in [0.25, 0.3) is 0 Å². The van der Waals surface area contributed by atoms with Crippen LogP contribution >= 0.6 is 0 Å². The number of ether oxygens (including phenoxy) is 1. The van der Waals surface area contributed by atoms with Crippen molar-refractivity contribution in [2.24, 2.45) is 0 Å². The number of rotatable bonds is 9. The molecule has 1 rings (SSSR count). The average molecular weight is 364 g/mol. The summed E-state index contributed by atoms with van der Waals surface area (Å²) in [6, 6.07) is 4.87. The van der Waals surface area contributed by atoms with E-state index in [2.05, 4.69) is 4.72 Å². The van der Waals surface area contributed by atoms with Crippen molar-refractivity contribution < 1.29 is 21.6 Å². The molecule has 132 valence electrons. The van der Waals surface area contributed by atoms with Crippen LogP contribution < -0.4 is 4.72 Å². The van der Waals surface area contributed by atoms with Crippen molar-refractivity contribution in [2.45, 2.75) is 18.7 Å². The van der Waals surface area contributed by atoms with Gasteiger partial charge in [-0.25, -0.2) is 21.6 Å². The van der Waals surface area contributed by atoms with Crippen LogP contribution in [0.2, 0.25) is 0 Å². The summed E-state index contributed by atoms with van der Waals surface area (Å²) in [5.41, 5.74) is 1.89. The molecule has 1 aromatic carbocycles. The molecule has 0 aliphatic carbocycles. The Morgan fingerprint density at radius 2 is 1.74 bits per heavy atom. The minimum atomic E-state index is -3.66. The molecular weight excluding hydrogens is 340 g/mol. The van der Waals surface area contributed by atoms with Gasteiger partial charge in [0, 0.05) is 26.7 Å². The smallest absolute Gasteiger partial charge is 0.240 e. The predicted molar refractivity (Wildman–Crippen MR) is 89.4 cm³/mol. The maximum atomic E-state index is 12.2. The lowest BCUT2D eigenvalue weighted by Crippen LogP contribution is -2.39. The molecule has 0 bridgehead atoms. The summed E-state index contributed by atoms with van der Waals surface area (Å²) >= 11 is 0. The highest BCUT2D eigenvalue weighted by molar-refractivity contribution is 7.89. The molecule has 0 saturated carbocycles. The lowest BCUT2D eigenvalue weighted by Gasteiger charge is -2.19. The van der Waals surface area contributed by atoms with Crippen LogP contribution in [-0.2, 0) is 24.8 Å². The molecule has 0 atom stereocenters. The molecule has 0 aliphatic heterocycles. The summed E-state index contributed by atoms with van der Waals surface area (Å²) in [6.07, 6.45) is 1.08. The number of aryl methyl sites for hydroxylation is 2. The van der Waals surface area contributed by atoms with E-state index in [0.717, 1.165) is 17.4 Å². The molecule has 0 heterocycles. The van der Waals surface area contributed by atoms with Gasteiger partial charge in [0.25, 0.3) is 0 Å². The number of nitrogens with one attached hydrogen (secondary N) is 1. The van der Waals surface area contributed by atoms with Gasteiger partial charge < -0.3 is 4.74 Å². The summed E-state index contributed by atoms with van der Waals surface area (Å²) in [5, 5.41) is 0. The van der Waals surface area contributed by atoms with Crippen molar-refractivity contribution >= 4 is 20.0 Å². The molecule has 0 fully saturated rings. The van der Waals surface area contributed by atoms with Gasteiger partial charge in [0.2, 0.25) is 20.0 Å². The maximum Gasteiger partial charge on any atom is 0.240 e. The highest BCUT2D eigenvalue weighted by Crippen LogP contribution is 2.14. The molecule has 0 amide bonds. The van der Waals surface area contributed by atoms with Crippen molar-refractivity contribution in [3.63, 3.8) is 0 Å². The van der Waals surface area contributed by atoms with Gasteiger partial charge in [0.1, 0.15) is 0 Å². The molecule has 23 heavy (non-hydrogen) atoms.